The quantitative estimate of drug-likeness (QED) is 0.418. The van der Waals surface area contributed by atoms with Gasteiger partial charge in [-0.15, -0.1) is 0 Å². The Bertz CT molecular complexity index is 1250. The molecule has 0 bridgehead atoms. The minimum absolute atomic E-state index is 0.260. The summed E-state index contributed by atoms with van der Waals surface area (Å²) in [5.74, 6) is 0.188. The van der Waals surface area contributed by atoms with Crippen LogP contribution in [0.25, 0.3) is 11.5 Å². The number of pyridine rings is 1. The first-order chi connectivity index (χ1) is 16.1. The van der Waals surface area contributed by atoms with Crippen molar-refractivity contribution in [2.24, 2.45) is 0 Å². The van der Waals surface area contributed by atoms with Gasteiger partial charge in [0.05, 0.1) is 24.2 Å². The molecule has 4 rings (SSSR count). The van der Waals surface area contributed by atoms with Crippen LogP contribution in [-0.4, -0.2) is 48.1 Å². The van der Waals surface area contributed by atoms with E-state index in [4.69, 9.17) is 4.74 Å². The smallest absolute Gasteiger partial charge is 0.341 e. The van der Waals surface area contributed by atoms with Gasteiger partial charge >= 0.3 is 12.0 Å². The topological polar surface area (TPSA) is 129 Å². The summed E-state index contributed by atoms with van der Waals surface area (Å²) in [6.07, 6.45) is 6.10. The molecule has 2 N–H and O–H groups in total. The predicted molar refractivity (Wildman–Crippen MR) is 119 cm³/mol. The lowest BCUT2D eigenvalue weighted by atomic mass is 10.2. The third-order valence-corrected chi connectivity index (χ3v) is 4.82. The molecule has 33 heavy (non-hydrogen) atoms. The highest BCUT2D eigenvalue weighted by atomic mass is 16.5. The van der Waals surface area contributed by atoms with Crippen LogP contribution in [0.1, 0.15) is 28.5 Å². The van der Waals surface area contributed by atoms with E-state index in [0.29, 0.717) is 29.4 Å². The highest BCUT2D eigenvalue weighted by Gasteiger charge is 2.16. The lowest BCUT2D eigenvalue weighted by Crippen LogP contribution is -2.28. The molecule has 11 heteroatoms. The maximum Gasteiger partial charge on any atom is 0.341 e. The Morgan fingerprint density at radius 3 is 2.67 bits per heavy atom. The van der Waals surface area contributed by atoms with Gasteiger partial charge in [-0.05, 0) is 44.2 Å². The number of carbonyl (C=O) groups excluding carboxylic acids is 2. The summed E-state index contributed by atoms with van der Waals surface area (Å²) in [5.41, 5.74) is 3.24. The molecule has 0 saturated heterocycles. The van der Waals surface area contributed by atoms with Crippen molar-refractivity contribution >= 4 is 17.7 Å². The van der Waals surface area contributed by atoms with Crippen molar-refractivity contribution in [3.05, 3.63) is 78.3 Å². The molecular weight excluding hydrogens is 424 g/mol. The number of nitrogens with one attached hydrogen (secondary N) is 2. The van der Waals surface area contributed by atoms with Crippen LogP contribution < -0.4 is 10.6 Å². The third-order valence-electron chi connectivity index (χ3n) is 4.82. The van der Waals surface area contributed by atoms with Gasteiger partial charge in [0.2, 0.25) is 0 Å². The number of nitrogens with zero attached hydrogens (tertiary/aromatic N) is 6. The van der Waals surface area contributed by atoms with Crippen molar-refractivity contribution in [2.45, 2.75) is 20.4 Å². The molecule has 2 amide bonds. The zero-order chi connectivity index (χ0) is 23.2. The monoisotopic (exact) mass is 446 g/mol. The Morgan fingerprint density at radius 2 is 1.94 bits per heavy atom. The van der Waals surface area contributed by atoms with Gasteiger partial charge in [0.1, 0.15) is 18.2 Å². The van der Waals surface area contributed by atoms with Crippen molar-refractivity contribution in [2.75, 3.05) is 11.9 Å². The van der Waals surface area contributed by atoms with Crippen LogP contribution in [0.3, 0.4) is 0 Å². The fourth-order valence-corrected chi connectivity index (χ4v) is 3.21. The maximum atomic E-state index is 12.4. The van der Waals surface area contributed by atoms with Crippen molar-refractivity contribution < 1.29 is 14.3 Å². The van der Waals surface area contributed by atoms with Gasteiger partial charge in [-0.2, -0.15) is 10.2 Å². The van der Waals surface area contributed by atoms with Crippen LogP contribution in [0.5, 0.6) is 0 Å². The van der Waals surface area contributed by atoms with Crippen LogP contribution in [0.15, 0.2) is 61.4 Å². The molecule has 0 saturated carbocycles. The van der Waals surface area contributed by atoms with Gasteiger partial charge in [0.25, 0.3) is 0 Å². The van der Waals surface area contributed by atoms with Crippen LogP contribution >= 0.6 is 0 Å². The first kappa shape index (κ1) is 21.7. The number of carbonyl (C=O) groups is 2. The molecule has 0 aliphatic rings. The SMILES string of the molecule is CCOC(=O)c1cnn(-c2ccc(NC(=O)NCc3cccnc3-n3cncn3)cc2)c1C. The second-order valence-electron chi connectivity index (χ2n) is 6.96. The van der Waals surface area contributed by atoms with Crippen molar-refractivity contribution in [3.8, 4) is 11.5 Å². The van der Waals surface area contributed by atoms with E-state index in [2.05, 4.69) is 30.8 Å². The van der Waals surface area contributed by atoms with E-state index in [-0.39, 0.29) is 12.6 Å². The molecule has 0 aliphatic carbocycles. The number of esters is 1. The Morgan fingerprint density at radius 1 is 1.12 bits per heavy atom. The molecule has 0 atom stereocenters. The molecule has 0 radical (unpaired) electrons. The highest BCUT2D eigenvalue weighted by molar-refractivity contribution is 5.90. The Hall–Kier alpha value is -4.54. The van der Waals surface area contributed by atoms with Crippen molar-refractivity contribution in [1.29, 1.82) is 0 Å². The van der Waals surface area contributed by atoms with Crippen molar-refractivity contribution in [1.82, 2.24) is 34.8 Å². The molecule has 4 aromatic rings. The van der Waals surface area contributed by atoms with E-state index < -0.39 is 5.97 Å². The van der Waals surface area contributed by atoms with Gasteiger partial charge in [0.15, 0.2) is 5.82 Å². The molecule has 0 spiro atoms. The summed E-state index contributed by atoms with van der Waals surface area (Å²) in [6.45, 7) is 4.11. The number of hydrogen-bond donors (Lipinski definition) is 2. The Labute approximate surface area is 189 Å². The summed E-state index contributed by atoms with van der Waals surface area (Å²) < 4.78 is 8.23. The third kappa shape index (κ3) is 4.87. The van der Waals surface area contributed by atoms with E-state index in [0.717, 1.165) is 11.3 Å². The van der Waals surface area contributed by atoms with Gasteiger partial charge in [-0.3, -0.25) is 0 Å². The lowest BCUT2D eigenvalue weighted by molar-refractivity contribution is 0.0525. The largest absolute Gasteiger partial charge is 0.462 e. The average Bonchev–Trinajstić information content (AvgIpc) is 3.49. The predicted octanol–water partition coefficient (Wildman–Crippen LogP) is 2.65. The molecule has 1 aromatic carbocycles. The second-order valence-corrected chi connectivity index (χ2v) is 6.96. The number of urea groups is 1. The lowest BCUT2D eigenvalue weighted by Gasteiger charge is -2.11. The Balaban J connectivity index is 1.38. The number of rotatable bonds is 7. The van der Waals surface area contributed by atoms with E-state index >= 15 is 0 Å². The fourth-order valence-electron chi connectivity index (χ4n) is 3.21. The van der Waals surface area contributed by atoms with E-state index in [1.165, 1.54) is 17.2 Å². The highest BCUT2D eigenvalue weighted by Crippen LogP contribution is 2.18. The van der Waals surface area contributed by atoms with Gasteiger partial charge in [-0.25, -0.2) is 28.9 Å². The minimum Gasteiger partial charge on any atom is -0.462 e. The molecule has 0 unspecified atom stereocenters. The standard InChI is InChI=1S/C22H22N8O3/c1-3-33-21(31)19-12-26-30(15(19)2)18-8-6-17(7-9-18)28-22(32)25-11-16-5-4-10-24-20(16)29-14-23-13-27-29/h4-10,12-14H,3,11H2,1-2H3,(H2,25,28,32). The van der Waals surface area contributed by atoms with Gasteiger partial charge in [-0.1, -0.05) is 6.07 Å². The zero-order valence-electron chi connectivity index (χ0n) is 18.1. The molecule has 11 nitrogen and oxygen atoms in total. The number of anilines is 1. The van der Waals surface area contributed by atoms with Crippen LogP contribution in [0.2, 0.25) is 0 Å². The minimum atomic E-state index is -0.406. The first-order valence-electron chi connectivity index (χ1n) is 10.2. The molecule has 3 aromatic heterocycles. The number of ether oxygens (including phenoxy) is 1. The molecule has 168 valence electrons. The fraction of sp³-hybridized carbons (Fsp3) is 0.182. The zero-order valence-corrected chi connectivity index (χ0v) is 18.1. The summed E-state index contributed by atoms with van der Waals surface area (Å²) in [7, 11) is 0. The van der Waals surface area contributed by atoms with Crippen LogP contribution in [-0.2, 0) is 11.3 Å². The number of amides is 2. The van der Waals surface area contributed by atoms with E-state index in [1.807, 2.05) is 6.07 Å². The summed E-state index contributed by atoms with van der Waals surface area (Å²) in [5, 5.41) is 14.0. The summed E-state index contributed by atoms with van der Waals surface area (Å²) in [4.78, 5) is 32.6. The average molecular weight is 446 g/mol. The molecule has 3 heterocycles. The van der Waals surface area contributed by atoms with Crippen molar-refractivity contribution in [3.63, 3.8) is 0 Å². The van der Waals surface area contributed by atoms with Crippen LogP contribution in [0, 0.1) is 6.92 Å². The van der Waals surface area contributed by atoms with Crippen LogP contribution in [0.4, 0.5) is 10.5 Å². The summed E-state index contributed by atoms with van der Waals surface area (Å²) in [6, 6.07) is 10.4. The van der Waals surface area contributed by atoms with E-state index in [1.54, 1.807) is 61.4 Å². The Kier molecular flexibility index (Phi) is 6.39. The first-order valence-corrected chi connectivity index (χ1v) is 10.2. The normalized spacial score (nSPS) is 10.6. The molecular formula is C22H22N8O3. The molecule has 0 aliphatic heterocycles. The number of benzene rings is 1. The maximum absolute atomic E-state index is 12.4. The number of hydrogen-bond acceptors (Lipinski definition) is 7. The molecule has 0 fully saturated rings. The number of aromatic nitrogens is 6. The van der Waals surface area contributed by atoms with Gasteiger partial charge in [0, 0.05) is 24.0 Å². The second kappa shape index (κ2) is 9.73. The van der Waals surface area contributed by atoms with Gasteiger partial charge < -0.3 is 15.4 Å². The summed E-state index contributed by atoms with van der Waals surface area (Å²) >= 11 is 0. The van der Waals surface area contributed by atoms with E-state index in [9.17, 15) is 9.59 Å².